The van der Waals surface area contributed by atoms with Gasteiger partial charge < -0.3 is 5.73 Å². The first kappa shape index (κ1) is 13.8. The topological polar surface area (TPSA) is 29.3 Å². The van der Waals surface area contributed by atoms with E-state index in [4.69, 9.17) is 29.6 Å². The van der Waals surface area contributed by atoms with Crippen molar-refractivity contribution in [3.8, 4) is 0 Å². The lowest BCUT2D eigenvalue weighted by Gasteiger charge is -2.31. The Hall–Kier alpha value is -0.640. The lowest BCUT2D eigenvalue weighted by Crippen LogP contribution is -2.37. The smallest absolute Gasteiger partial charge is 0.104 e. The minimum atomic E-state index is 0.269. The van der Waals surface area contributed by atoms with Gasteiger partial charge in [0.2, 0.25) is 0 Å². The highest BCUT2D eigenvalue weighted by molar-refractivity contribution is 7.80. The van der Waals surface area contributed by atoms with E-state index in [2.05, 4.69) is 18.7 Å². The second-order valence-electron chi connectivity index (χ2n) is 5.51. The van der Waals surface area contributed by atoms with Crippen LogP contribution in [0.15, 0.2) is 18.2 Å². The van der Waals surface area contributed by atoms with Gasteiger partial charge in [0.25, 0.3) is 0 Å². The molecule has 1 aliphatic rings. The zero-order valence-electron chi connectivity index (χ0n) is 10.9. The summed E-state index contributed by atoms with van der Waals surface area (Å²) in [6.45, 7) is 6.61. The normalized spacial score (nSPS) is 19.1. The Morgan fingerprint density at radius 2 is 2.22 bits per heavy atom. The monoisotopic (exact) mass is 282 g/mol. The summed E-state index contributed by atoms with van der Waals surface area (Å²) in [7, 11) is 0. The van der Waals surface area contributed by atoms with Gasteiger partial charge in [0.05, 0.1) is 0 Å². The standard InChI is InChI=1S/C14H19ClN2S/c1-14(2)6-3-7-17(14)9-11-5-4-10(13(16)18)8-12(11)15/h4-5,8H,3,6-7,9H2,1-2H3,(H2,16,18). The Kier molecular flexibility index (Phi) is 3.95. The molecule has 1 fully saturated rings. The van der Waals surface area contributed by atoms with Crippen molar-refractivity contribution < 1.29 is 0 Å². The molecule has 1 aromatic carbocycles. The summed E-state index contributed by atoms with van der Waals surface area (Å²) in [6, 6.07) is 5.85. The molecular weight excluding hydrogens is 264 g/mol. The third-order valence-electron chi connectivity index (χ3n) is 3.77. The van der Waals surface area contributed by atoms with E-state index < -0.39 is 0 Å². The molecule has 0 unspecified atom stereocenters. The fourth-order valence-corrected chi connectivity index (χ4v) is 2.86. The average Bonchev–Trinajstić information content (AvgIpc) is 2.61. The minimum Gasteiger partial charge on any atom is -0.389 e. The van der Waals surface area contributed by atoms with Gasteiger partial charge in [-0.05, 0) is 44.9 Å². The van der Waals surface area contributed by atoms with Gasteiger partial charge in [0, 0.05) is 22.7 Å². The predicted molar refractivity (Wildman–Crippen MR) is 81.1 cm³/mol. The summed E-state index contributed by atoms with van der Waals surface area (Å²) in [5, 5.41) is 0.753. The third-order valence-corrected chi connectivity index (χ3v) is 4.36. The molecule has 0 amide bonds. The maximum absolute atomic E-state index is 6.30. The van der Waals surface area contributed by atoms with E-state index in [1.54, 1.807) is 0 Å². The Morgan fingerprint density at radius 1 is 1.50 bits per heavy atom. The number of nitrogens with zero attached hydrogens (tertiary/aromatic N) is 1. The lowest BCUT2D eigenvalue weighted by atomic mass is 10.0. The van der Waals surface area contributed by atoms with Crippen LogP contribution in [-0.4, -0.2) is 22.0 Å². The molecule has 1 aliphatic heterocycles. The van der Waals surface area contributed by atoms with Gasteiger partial charge in [-0.25, -0.2) is 0 Å². The molecule has 1 saturated heterocycles. The molecule has 0 spiro atoms. The van der Waals surface area contributed by atoms with E-state index in [1.807, 2.05) is 18.2 Å². The van der Waals surface area contributed by atoms with Crippen molar-refractivity contribution in [2.24, 2.45) is 5.73 Å². The minimum absolute atomic E-state index is 0.269. The largest absolute Gasteiger partial charge is 0.389 e. The molecule has 0 bridgehead atoms. The van der Waals surface area contributed by atoms with Gasteiger partial charge in [0.15, 0.2) is 0 Å². The van der Waals surface area contributed by atoms with Crippen molar-refractivity contribution in [3.63, 3.8) is 0 Å². The van der Waals surface area contributed by atoms with E-state index in [9.17, 15) is 0 Å². The Balaban J connectivity index is 2.17. The van der Waals surface area contributed by atoms with Crippen LogP contribution in [-0.2, 0) is 6.54 Å². The van der Waals surface area contributed by atoms with Crippen molar-refractivity contribution in [1.29, 1.82) is 0 Å². The van der Waals surface area contributed by atoms with Gasteiger partial charge in [-0.15, -0.1) is 0 Å². The number of nitrogens with two attached hydrogens (primary N) is 1. The summed E-state index contributed by atoms with van der Waals surface area (Å²) in [6.07, 6.45) is 2.51. The highest BCUT2D eigenvalue weighted by atomic mass is 35.5. The quantitative estimate of drug-likeness (QED) is 0.862. The highest BCUT2D eigenvalue weighted by Crippen LogP contribution is 2.31. The number of halogens is 1. The summed E-state index contributed by atoms with van der Waals surface area (Å²) in [4.78, 5) is 2.87. The first-order chi connectivity index (χ1) is 8.40. The molecule has 4 heteroatoms. The van der Waals surface area contributed by atoms with Crippen LogP contribution in [0.1, 0.15) is 37.8 Å². The molecular formula is C14H19ClN2S. The molecule has 2 nitrogen and oxygen atoms in total. The molecule has 0 aromatic heterocycles. The average molecular weight is 283 g/mol. The maximum atomic E-state index is 6.30. The SMILES string of the molecule is CC1(C)CCCN1Cc1ccc(C(N)=S)cc1Cl. The number of rotatable bonds is 3. The zero-order valence-corrected chi connectivity index (χ0v) is 12.4. The Bertz CT molecular complexity index is 471. The molecule has 0 saturated carbocycles. The number of hydrogen-bond acceptors (Lipinski definition) is 2. The van der Waals surface area contributed by atoms with Gasteiger partial charge >= 0.3 is 0 Å². The van der Waals surface area contributed by atoms with Gasteiger partial charge in [-0.1, -0.05) is 36.0 Å². The van der Waals surface area contributed by atoms with E-state index in [1.165, 1.54) is 12.8 Å². The fraction of sp³-hybridized carbons (Fsp3) is 0.500. The highest BCUT2D eigenvalue weighted by Gasteiger charge is 2.31. The number of thiocarbonyl (C=S) groups is 1. The van der Waals surface area contributed by atoms with Crippen LogP contribution in [0.25, 0.3) is 0 Å². The number of likely N-dealkylation sites (tertiary alicyclic amines) is 1. The summed E-state index contributed by atoms with van der Waals surface area (Å²) in [5.41, 5.74) is 7.85. The summed E-state index contributed by atoms with van der Waals surface area (Å²) in [5.74, 6) is 0. The van der Waals surface area contributed by atoms with Crippen LogP contribution < -0.4 is 5.73 Å². The van der Waals surface area contributed by atoms with Crippen LogP contribution >= 0.6 is 23.8 Å². The van der Waals surface area contributed by atoms with Crippen molar-refractivity contribution in [2.75, 3.05) is 6.54 Å². The fourth-order valence-electron chi connectivity index (χ4n) is 2.49. The molecule has 0 aliphatic carbocycles. The Labute approximate surface area is 119 Å². The molecule has 0 atom stereocenters. The van der Waals surface area contributed by atoms with E-state index in [0.717, 1.165) is 29.2 Å². The molecule has 1 aromatic rings. The van der Waals surface area contributed by atoms with Crippen LogP contribution in [0.5, 0.6) is 0 Å². The van der Waals surface area contributed by atoms with Crippen molar-refractivity contribution in [3.05, 3.63) is 34.3 Å². The molecule has 18 heavy (non-hydrogen) atoms. The van der Waals surface area contributed by atoms with Crippen LogP contribution in [0.3, 0.4) is 0 Å². The van der Waals surface area contributed by atoms with E-state index >= 15 is 0 Å². The second-order valence-corrected chi connectivity index (χ2v) is 6.36. The predicted octanol–water partition coefficient (Wildman–Crippen LogP) is 3.35. The van der Waals surface area contributed by atoms with Gasteiger partial charge in [-0.3, -0.25) is 4.90 Å². The first-order valence-corrected chi connectivity index (χ1v) is 7.02. The third kappa shape index (κ3) is 2.85. The van der Waals surface area contributed by atoms with E-state index in [-0.39, 0.29) is 5.54 Å². The summed E-state index contributed by atoms with van der Waals surface area (Å²) < 4.78 is 0. The number of hydrogen-bond donors (Lipinski definition) is 1. The molecule has 98 valence electrons. The molecule has 2 rings (SSSR count). The van der Waals surface area contributed by atoms with Gasteiger partial charge in [0.1, 0.15) is 4.99 Å². The molecule has 1 heterocycles. The van der Waals surface area contributed by atoms with Crippen LogP contribution in [0.2, 0.25) is 5.02 Å². The zero-order chi connectivity index (χ0) is 13.3. The van der Waals surface area contributed by atoms with E-state index in [0.29, 0.717) is 4.99 Å². The Morgan fingerprint density at radius 3 is 2.72 bits per heavy atom. The number of benzene rings is 1. The van der Waals surface area contributed by atoms with Crippen molar-refractivity contribution >= 4 is 28.8 Å². The van der Waals surface area contributed by atoms with Crippen LogP contribution in [0, 0.1) is 0 Å². The van der Waals surface area contributed by atoms with Gasteiger partial charge in [-0.2, -0.15) is 0 Å². The first-order valence-electron chi connectivity index (χ1n) is 6.23. The molecule has 0 radical (unpaired) electrons. The summed E-state index contributed by atoms with van der Waals surface area (Å²) >= 11 is 11.3. The lowest BCUT2D eigenvalue weighted by molar-refractivity contribution is 0.166. The van der Waals surface area contributed by atoms with Crippen LogP contribution in [0.4, 0.5) is 0 Å². The maximum Gasteiger partial charge on any atom is 0.104 e. The second kappa shape index (κ2) is 5.16. The molecule has 2 N–H and O–H groups in total. The van der Waals surface area contributed by atoms with Crippen molar-refractivity contribution in [2.45, 2.75) is 38.8 Å². The van der Waals surface area contributed by atoms with Crippen molar-refractivity contribution in [1.82, 2.24) is 4.90 Å².